The van der Waals surface area contributed by atoms with Gasteiger partial charge in [0, 0.05) is 12.0 Å². The lowest BCUT2D eigenvalue weighted by molar-refractivity contribution is -0.119. The quantitative estimate of drug-likeness (QED) is 0.387. The molecule has 0 aliphatic rings. The SMILES string of the molecule is CCCCCC(=O)NC(=S)NNC(=O)c1ccc(OC)c(Br)c1. The van der Waals surface area contributed by atoms with Crippen molar-refractivity contribution in [1.82, 2.24) is 16.2 Å². The molecule has 0 aliphatic heterocycles. The number of amides is 2. The lowest BCUT2D eigenvalue weighted by Crippen LogP contribution is -2.48. The van der Waals surface area contributed by atoms with Crippen molar-refractivity contribution >= 4 is 45.1 Å². The predicted molar refractivity (Wildman–Crippen MR) is 96.2 cm³/mol. The fraction of sp³-hybridized carbons (Fsp3) is 0.400. The third kappa shape index (κ3) is 6.96. The van der Waals surface area contributed by atoms with E-state index in [1.54, 1.807) is 25.3 Å². The van der Waals surface area contributed by atoms with Crippen LogP contribution in [0.4, 0.5) is 0 Å². The third-order valence-corrected chi connectivity index (χ3v) is 3.79. The molecule has 0 heterocycles. The molecule has 0 fully saturated rings. The zero-order chi connectivity index (χ0) is 17.2. The van der Waals surface area contributed by atoms with Gasteiger partial charge in [-0.3, -0.25) is 20.4 Å². The Kier molecular flexibility index (Phi) is 8.57. The first-order chi connectivity index (χ1) is 11.0. The van der Waals surface area contributed by atoms with Crippen LogP contribution in [-0.4, -0.2) is 24.0 Å². The van der Waals surface area contributed by atoms with E-state index in [4.69, 9.17) is 17.0 Å². The average Bonchev–Trinajstić information content (AvgIpc) is 2.52. The van der Waals surface area contributed by atoms with E-state index in [-0.39, 0.29) is 16.9 Å². The van der Waals surface area contributed by atoms with Crippen LogP contribution in [-0.2, 0) is 4.79 Å². The van der Waals surface area contributed by atoms with Crippen molar-refractivity contribution in [2.24, 2.45) is 0 Å². The van der Waals surface area contributed by atoms with E-state index in [9.17, 15) is 9.59 Å². The predicted octanol–water partition coefficient (Wildman–Crippen LogP) is 2.67. The third-order valence-electron chi connectivity index (χ3n) is 2.96. The Morgan fingerprint density at radius 1 is 1.26 bits per heavy atom. The molecular weight excluding hydrogens is 382 g/mol. The number of unbranched alkanes of at least 4 members (excludes halogenated alkanes) is 2. The van der Waals surface area contributed by atoms with E-state index in [1.807, 2.05) is 0 Å². The molecule has 6 nitrogen and oxygen atoms in total. The van der Waals surface area contributed by atoms with Crippen molar-refractivity contribution in [3.05, 3.63) is 28.2 Å². The number of halogens is 1. The number of hydrogen-bond acceptors (Lipinski definition) is 4. The van der Waals surface area contributed by atoms with Crippen molar-refractivity contribution in [2.45, 2.75) is 32.6 Å². The summed E-state index contributed by atoms with van der Waals surface area (Å²) in [5.41, 5.74) is 5.35. The number of methoxy groups -OCH3 is 1. The van der Waals surface area contributed by atoms with E-state index in [0.29, 0.717) is 22.2 Å². The van der Waals surface area contributed by atoms with Crippen molar-refractivity contribution in [3.63, 3.8) is 0 Å². The summed E-state index contributed by atoms with van der Waals surface area (Å²) in [6, 6.07) is 4.92. The molecule has 8 heteroatoms. The van der Waals surface area contributed by atoms with E-state index in [0.717, 1.165) is 19.3 Å². The maximum atomic E-state index is 12.0. The molecule has 0 atom stereocenters. The smallest absolute Gasteiger partial charge is 0.269 e. The second-order valence-electron chi connectivity index (χ2n) is 4.76. The summed E-state index contributed by atoms with van der Waals surface area (Å²) in [4.78, 5) is 23.6. The van der Waals surface area contributed by atoms with Crippen molar-refractivity contribution < 1.29 is 14.3 Å². The number of rotatable bonds is 6. The van der Waals surface area contributed by atoms with E-state index < -0.39 is 0 Å². The molecular formula is C15H20BrN3O3S. The van der Waals surface area contributed by atoms with Gasteiger partial charge in [-0.25, -0.2) is 0 Å². The maximum absolute atomic E-state index is 12.0. The molecule has 0 unspecified atom stereocenters. The topological polar surface area (TPSA) is 79.5 Å². The van der Waals surface area contributed by atoms with E-state index in [1.165, 1.54) is 0 Å². The number of nitrogens with one attached hydrogen (secondary N) is 3. The number of thiocarbonyl (C=S) groups is 1. The van der Waals surface area contributed by atoms with Gasteiger partial charge in [-0.1, -0.05) is 19.8 Å². The number of ether oxygens (including phenoxy) is 1. The number of hydrogen-bond donors (Lipinski definition) is 3. The zero-order valence-electron chi connectivity index (χ0n) is 13.1. The first-order valence-electron chi connectivity index (χ1n) is 7.21. The Bertz CT molecular complexity index is 581. The van der Waals surface area contributed by atoms with Crippen LogP contribution in [0.1, 0.15) is 43.0 Å². The van der Waals surface area contributed by atoms with E-state index >= 15 is 0 Å². The first kappa shape index (κ1) is 19.4. The lowest BCUT2D eigenvalue weighted by Gasteiger charge is -2.11. The Balaban J connectivity index is 2.42. The fourth-order valence-corrected chi connectivity index (χ4v) is 2.45. The molecule has 1 aromatic carbocycles. The van der Waals surface area contributed by atoms with Gasteiger partial charge in [-0.05, 0) is 52.8 Å². The van der Waals surface area contributed by atoms with Crippen LogP contribution in [0.25, 0.3) is 0 Å². The van der Waals surface area contributed by atoms with Crippen molar-refractivity contribution in [2.75, 3.05) is 7.11 Å². The van der Waals surface area contributed by atoms with E-state index in [2.05, 4.69) is 39.0 Å². The second-order valence-corrected chi connectivity index (χ2v) is 6.03. The highest BCUT2D eigenvalue weighted by Gasteiger charge is 2.10. The second kappa shape index (κ2) is 10.2. The number of carbonyl (C=O) groups is 2. The first-order valence-corrected chi connectivity index (χ1v) is 8.41. The standard InChI is InChI=1S/C15H20BrN3O3S/c1-3-4-5-6-13(20)17-15(23)19-18-14(21)10-7-8-12(22-2)11(16)9-10/h7-9H,3-6H2,1-2H3,(H,18,21)(H2,17,19,20,23). The monoisotopic (exact) mass is 401 g/mol. The van der Waals surface area contributed by atoms with Gasteiger partial charge >= 0.3 is 0 Å². The molecule has 126 valence electrons. The van der Waals surface area contributed by atoms with Crippen LogP contribution < -0.4 is 20.9 Å². The molecule has 0 spiro atoms. The molecule has 2 amide bonds. The average molecular weight is 402 g/mol. The van der Waals surface area contributed by atoms with Gasteiger partial charge in [-0.2, -0.15) is 0 Å². The Morgan fingerprint density at radius 3 is 2.61 bits per heavy atom. The Hall–Kier alpha value is -1.67. The summed E-state index contributed by atoms with van der Waals surface area (Å²) in [6.07, 6.45) is 3.27. The normalized spacial score (nSPS) is 9.87. The maximum Gasteiger partial charge on any atom is 0.269 e. The van der Waals surface area contributed by atoms with Crippen LogP contribution in [0.2, 0.25) is 0 Å². The Morgan fingerprint density at radius 2 is 2.00 bits per heavy atom. The molecule has 0 aromatic heterocycles. The van der Waals surface area contributed by atoms with Gasteiger partial charge in [0.15, 0.2) is 5.11 Å². The van der Waals surface area contributed by atoms with Crippen LogP contribution in [0.15, 0.2) is 22.7 Å². The van der Waals surface area contributed by atoms with Gasteiger partial charge in [-0.15, -0.1) is 0 Å². The lowest BCUT2D eigenvalue weighted by atomic mass is 10.2. The molecule has 0 saturated carbocycles. The number of carbonyl (C=O) groups excluding carboxylic acids is 2. The molecule has 23 heavy (non-hydrogen) atoms. The summed E-state index contributed by atoms with van der Waals surface area (Å²) < 4.78 is 5.77. The minimum atomic E-state index is -0.379. The number of hydrazine groups is 1. The largest absolute Gasteiger partial charge is 0.496 e. The molecule has 0 bridgehead atoms. The van der Waals surface area contributed by atoms with Gasteiger partial charge in [0.2, 0.25) is 5.91 Å². The highest BCUT2D eigenvalue weighted by Crippen LogP contribution is 2.25. The summed E-state index contributed by atoms with van der Waals surface area (Å²) in [7, 11) is 1.54. The molecule has 0 saturated heterocycles. The van der Waals surface area contributed by atoms with Gasteiger partial charge in [0.25, 0.3) is 5.91 Å². The minimum absolute atomic E-state index is 0.0624. The van der Waals surface area contributed by atoms with Crippen LogP contribution >= 0.6 is 28.1 Å². The summed E-state index contributed by atoms with van der Waals surface area (Å²) in [5.74, 6) is 0.0812. The summed E-state index contributed by atoms with van der Waals surface area (Å²) in [5, 5.41) is 2.58. The number of benzene rings is 1. The molecule has 0 aliphatic carbocycles. The summed E-state index contributed by atoms with van der Waals surface area (Å²) in [6.45, 7) is 2.07. The Labute approximate surface area is 149 Å². The molecule has 0 radical (unpaired) electrons. The highest BCUT2D eigenvalue weighted by molar-refractivity contribution is 9.10. The molecule has 1 aromatic rings. The molecule has 3 N–H and O–H groups in total. The zero-order valence-corrected chi connectivity index (χ0v) is 15.5. The highest BCUT2D eigenvalue weighted by atomic mass is 79.9. The summed E-state index contributed by atoms with van der Waals surface area (Å²) >= 11 is 8.27. The minimum Gasteiger partial charge on any atom is -0.496 e. The van der Waals surface area contributed by atoms with Gasteiger partial charge in [0.05, 0.1) is 11.6 Å². The fourth-order valence-electron chi connectivity index (χ4n) is 1.75. The van der Waals surface area contributed by atoms with Crippen molar-refractivity contribution in [3.8, 4) is 5.75 Å². The van der Waals surface area contributed by atoms with Gasteiger partial charge < -0.3 is 10.1 Å². The van der Waals surface area contributed by atoms with Crippen molar-refractivity contribution in [1.29, 1.82) is 0 Å². The van der Waals surface area contributed by atoms with Crippen LogP contribution in [0, 0.1) is 0 Å². The molecule has 1 rings (SSSR count). The van der Waals surface area contributed by atoms with Gasteiger partial charge in [0.1, 0.15) is 5.75 Å². The van der Waals surface area contributed by atoms with Crippen LogP contribution in [0.3, 0.4) is 0 Å². The van der Waals surface area contributed by atoms with Crippen LogP contribution in [0.5, 0.6) is 5.75 Å².